The maximum absolute atomic E-state index is 10.9. The molecule has 0 radical (unpaired) electrons. The number of rotatable bonds is 1. The number of carbonyl (C=O) groups excluding carboxylic acids is 1. The van der Waals surface area contributed by atoms with E-state index in [0.717, 1.165) is 11.1 Å². The van der Waals surface area contributed by atoms with Gasteiger partial charge in [-0.2, -0.15) is 0 Å². The van der Waals surface area contributed by atoms with Crippen LogP contribution in [-0.2, 0) is 16.1 Å². The zero-order valence-corrected chi connectivity index (χ0v) is 7.41. The molecule has 2 nitrogen and oxygen atoms in total. The zero-order valence-electron chi connectivity index (χ0n) is 7.41. The Hall–Kier alpha value is -1.57. The van der Waals surface area contributed by atoms with Gasteiger partial charge in [-0.1, -0.05) is 24.3 Å². The Balaban J connectivity index is 2.44. The first-order valence-electron chi connectivity index (χ1n) is 4.21. The monoisotopic (exact) mass is 174 g/mol. The summed E-state index contributed by atoms with van der Waals surface area (Å²) in [6.45, 7) is 2.10. The van der Waals surface area contributed by atoms with Crippen LogP contribution in [0.1, 0.15) is 18.1 Å². The van der Waals surface area contributed by atoms with Gasteiger partial charge in [-0.15, -0.1) is 0 Å². The van der Waals surface area contributed by atoms with Crippen molar-refractivity contribution in [3.63, 3.8) is 0 Å². The van der Waals surface area contributed by atoms with Crippen LogP contribution in [0.3, 0.4) is 0 Å². The number of allylic oxidation sites excluding steroid dienone is 1. The Kier molecular flexibility index (Phi) is 1.89. The van der Waals surface area contributed by atoms with Crippen LogP contribution >= 0.6 is 0 Å². The van der Waals surface area contributed by atoms with Gasteiger partial charge in [0.2, 0.25) is 0 Å². The first kappa shape index (κ1) is 8.05. The van der Waals surface area contributed by atoms with E-state index in [4.69, 9.17) is 4.74 Å². The van der Waals surface area contributed by atoms with Crippen LogP contribution in [0.5, 0.6) is 0 Å². The molecule has 0 fully saturated rings. The topological polar surface area (TPSA) is 26.3 Å². The minimum absolute atomic E-state index is 0.0201. The van der Waals surface area contributed by atoms with Crippen molar-refractivity contribution >= 4 is 11.5 Å². The highest BCUT2D eigenvalue weighted by Crippen LogP contribution is 2.28. The molecule has 0 unspecified atom stereocenters. The SMILES string of the molecule is CC(=O)/C=C1/OCc2ccccc21. The van der Waals surface area contributed by atoms with E-state index in [2.05, 4.69) is 0 Å². The lowest BCUT2D eigenvalue weighted by atomic mass is 10.1. The first-order chi connectivity index (χ1) is 6.27. The minimum atomic E-state index is 0.0201. The fourth-order valence-electron chi connectivity index (χ4n) is 1.42. The Labute approximate surface area is 76.8 Å². The average Bonchev–Trinajstić information content (AvgIpc) is 2.48. The summed E-state index contributed by atoms with van der Waals surface area (Å²) in [6, 6.07) is 7.90. The summed E-state index contributed by atoms with van der Waals surface area (Å²) in [7, 11) is 0. The van der Waals surface area contributed by atoms with E-state index in [9.17, 15) is 4.79 Å². The molecule has 1 aromatic rings. The predicted molar refractivity (Wildman–Crippen MR) is 49.9 cm³/mol. The van der Waals surface area contributed by atoms with Gasteiger partial charge in [0.1, 0.15) is 12.4 Å². The van der Waals surface area contributed by atoms with Gasteiger partial charge in [-0.25, -0.2) is 0 Å². The molecule has 0 amide bonds. The van der Waals surface area contributed by atoms with E-state index < -0.39 is 0 Å². The number of ketones is 1. The molecular formula is C11H10O2. The molecule has 0 saturated heterocycles. The van der Waals surface area contributed by atoms with Gasteiger partial charge in [-0.05, 0) is 6.92 Å². The van der Waals surface area contributed by atoms with Gasteiger partial charge in [0.15, 0.2) is 5.78 Å². The molecule has 0 bridgehead atoms. The van der Waals surface area contributed by atoms with E-state index in [1.54, 1.807) is 0 Å². The smallest absolute Gasteiger partial charge is 0.156 e. The highest BCUT2D eigenvalue weighted by Gasteiger charge is 2.16. The molecule has 13 heavy (non-hydrogen) atoms. The Morgan fingerprint density at radius 2 is 2.23 bits per heavy atom. The predicted octanol–water partition coefficient (Wildman–Crippen LogP) is 2.15. The molecule has 2 heteroatoms. The second-order valence-corrected chi connectivity index (χ2v) is 3.07. The van der Waals surface area contributed by atoms with Gasteiger partial charge < -0.3 is 4.74 Å². The van der Waals surface area contributed by atoms with Crippen LogP contribution in [0, 0.1) is 0 Å². The maximum Gasteiger partial charge on any atom is 0.156 e. The van der Waals surface area contributed by atoms with Gasteiger partial charge in [0.25, 0.3) is 0 Å². The lowest BCUT2D eigenvalue weighted by molar-refractivity contribution is -0.112. The molecule has 66 valence electrons. The van der Waals surface area contributed by atoms with E-state index in [1.807, 2.05) is 24.3 Å². The van der Waals surface area contributed by atoms with Gasteiger partial charge in [0.05, 0.1) is 0 Å². The van der Waals surface area contributed by atoms with Crippen molar-refractivity contribution in [3.05, 3.63) is 41.5 Å². The van der Waals surface area contributed by atoms with Gasteiger partial charge in [-0.3, -0.25) is 4.79 Å². The lowest BCUT2D eigenvalue weighted by Crippen LogP contribution is -1.86. The highest BCUT2D eigenvalue weighted by molar-refractivity contribution is 5.94. The van der Waals surface area contributed by atoms with Crippen LogP contribution < -0.4 is 0 Å². The summed E-state index contributed by atoms with van der Waals surface area (Å²) in [5, 5.41) is 0. The van der Waals surface area contributed by atoms with Crippen molar-refractivity contribution in [2.75, 3.05) is 0 Å². The maximum atomic E-state index is 10.9. The molecule has 1 aliphatic heterocycles. The van der Waals surface area contributed by atoms with E-state index in [-0.39, 0.29) is 5.78 Å². The third-order valence-corrected chi connectivity index (χ3v) is 2.00. The molecule has 0 aromatic heterocycles. The molecule has 0 aliphatic carbocycles. The summed E-state index contributed by atoms with van der Waals surface area (Å²) in [5.74, 6) is 0.717. The Bertz CT molecular complexity index is 377. The average molecular weight is 174 g/mol. The normalized spacial score (nSPS) is 16.8. The molecule has 0 saturated carbocycles. The summed E-state index contributed by atoms with van der Waals surface area (Å²) in [6.07, 6.45) is 1.53. The molecule has 1 aliphatic rings. The number of hydrogen-bond donors (Lipinski definition) is 0. The minimum Gasteiger partial charge on any atom is -0.488 e. The fourth-order valence-corrected chi connectivity index (χ4v) is 1.42. The number of fused-ring (bicyclic) bond motifs is 1. The van der Waals surface area contributed by atoms with Crippen molar-refractivity contribution < 1.29 is 9.53 Å². The molecule has 2 rings (SSSR count). The standard InChI is InChI=1S/C11H10O2/c1-8(12)6-11-10-5-3-2-4-9(10)7-13-11/h2-6H,7H2,1H3/b11-6+. The lowest BCUT2D eigenvalue weighted by Gasteiger charge is -1.96. The molecule has 0 atom stereocenters. The summed E-state index contributed by atoms with van der Waals surface area (Å²) < 4.78 is 5.37. The molecule has 0 N–H and O–H groups in total. The largest absolute Gasteiger partial charge is 0.488 e. The second-order valence-electron chi connectivity index (χ2n) is 3.07. The third kappa shape index (κ3) is 1.47. The fraction of sp³-hybridized carbons (Fsp3) is 0.182. The number of hydrogen-bond acceptors (Lipinski definition) is 2. The third-order valence-electron chi connectivity index (χ3n) is 2.00. The van der Waals surface area contributed by atoms with Crippen LogP contribution in [0.2, 0.25) is 0 Å². The Morgan fingerprint density at radius 3 is 3.00 bits per heavy atom. The summed E-state index contributed by atoms with van der Waals surface area (Å²) in [4.78, 5) is 10.9. The van der Waals surface area contributed by atoms with Crippen LogP contribution in [0.15, 0.2) is 30.3 Å². The molecular weight excluding hydrogens is 164 g/mol. The van der Waals surface area contributed by atoms with Crippen LogP contribution in [0.4, 0.5) is 0 Å². The Morgan fingerprint density at radius 1 is 1.46 bits per heavy atom. The molecule has 1 aromatic carbocycles. The highest BCUT2D eigenvalue weighted by atomic mass is 16.5. The summed E-state index contributed by atoms with van der Waals surface area (Å²) in [5.41, 5.74) is 2.19. The van der Waals surface area contributed by atoms with Crippen LogP contribution in [0.25, 0.3) is 5.76 Å². The van der Waals surface area contributed by atoms with Crippen molar-refractivity contribution in [1.29, 1.82) is 0 Å². The second kappa shape index (κ2) is 3.05. The van der Waals surface area contributed by atoms with Gasteiger partial charge in [0, 0.05) is 17.2 Å². The van der Waals surface area contributed by atoms with Crippen molar-refractivity contribution in [1.82, 2.24) is 0 Å². The van der Waals surface area contributed by atoms with Crippen LogP contribution in [-0.4, -0.2) is 5.78 Å². The molecule has 0 spiro atoms. The number of ether oxygens (including phenoxy) is 1. The number of carbonyl (C=O) groups is 1. The first-order valence-corrected chi connectivity index (χ1v) is 4.21. The van der Waals surface area contributed by atoms with Crippen molar-refractivity contribution in [2.45, 2.75) is 13.5 Å². The van der Waals surface area contributed by atoms with E-state index in [0.29, 0.717) is 12.4 Å². The van der Waals surface area contributed by atoms with Crippen molar-refractivity contribution in [3.8, 4) is 0 Å². The van der Waals surface area contributed by atoms with Crippen molar-refractivity contribution in [2.24, 2.45) is 0 Å². The zero-order chi connectivity index (χ0) is 9.26. The number of benzene rings is 1. The summed E-state index contributed by atoms with van der Waals surface area (Å²) >= 11 is 0. The van der Waals surface area contributed by atoms with E-state index >= 15 is 0 Å². The quantitative estimate of drug-likeness (QED) is 0.610. The van der Waals surface area contributed by atoms with E-state index in [1.165, 1.54) is 13.0 Å². The van der Waals surface area contributed by atoms with Gasteiger partial charge >= 0.3 is 0 Å². The molecule has 1 heterocycles.